The highest BCUT2D eigenvalue weighted by Gasteiger charge is 2.07. The van der Waals surface area contributed by atoms with Gasteiger partial charge in [-0.05, 0) is 29.8 Å². The van der Waals surface area contributed by atoms with Crippen molar-refractivity contribution in [2.45, 2.75) is 21.6 Å². The van der Waals surface area contributed by atoms with E-state index in [0.29, 0.717) is 16.9 Å². The van der Waals surface area contributed by atoms with Gasteiger partial charge in [0.15, 0.2) is 0 Å². The van der Waals surface area contributed by atoms with E-state index in [9.17, 15) is 0 Å². The highest BCUT2D eigenvalue weighted by molar-refractivity contribution is 7.98. The average molecular weight is 349 g/mol. The molecule has 0 N–H and O–H groups in total. The van der Waals surface area contributed by atoms with Crippen molar-refractivity contribution in [3.63, 3.8) is 0 Å². The first-order valence-corrected chi connectivity index (χ1v) is 9.02. The standard InChI is InChI=1S/C16H13ClN2OS2/c17-13-6-8-14(9-7-13)21-11-15-18-19-16(20-15)22-10-12-4-2-1-3-5-12/h1-9H,10-11H2. The maximum absolute atomic E-state index is 5.86. The quantitative estimate of drug-likeness (QED) is 0.564. The zero-order valence-corrected chi connectivity index (χ0v) is 14.0. The molecule has 1 aromatic heterocycles. The van der Waals surface area contributed by atoms with Crippen LogP contribution in [0.4, 0.5) is 0 Å². The summed E-state index contributed by atoms with van der Waals surface area (Å²) in [6.45, 7) is 0. The Kier molecular flexibility index (Phi) is 5.43. The molecule has 0 radical (unpaired) electrons. The molecular formula is C16H13ClN2OS2. The van der Waals surface area contributed by atoms with Crippen molar-refractivity contribution in [2.24, 2.45) is 0 Å². The molecule has 0 aliphatic carbocycles. The minimum atomic E-state index is 0.607. The second kappa shape index (κ2) is 7.72. The van der Waals surface area contributed by atoms with Gasteiger partial charge in [0, 0.05) is 15.7 Å². The molecule has 0 amide bonds. The number of hydrogen-bond acceptors (Lipinski definition) is 5. The molecule has 0 saturated heterocycles. The molecule has 3 aromatic rings. The molecule has 0 aliphatic rings. The second-order valence-corrected chi connectivity index (χ2v) is 6.89. The molecular weight excluding hydrogens is 336 g/mol. The topological polar surface area (TPSA) is 38.9 Å². The van der Waals surface area contributed by atoms with Crippen LogP contribution < -0.4 is 0 Å². The van der Waals surface area contributed by atoms with Gasteiger partial charge in [0.2, 0.25) is 5.89 Å². The molecule has 22 heavy (non-hydrogen) atoms. The van der Waals surface area contributed by atoms with E-state index < -0.39 is 0 Å². The van der Waals surface area contributed by atoms with Gasteiger partial charge in [-0.2, -0.15) is 0 Å². The largest absolute Gasteiger partial charge is 0.415 e. The molecule has 2 aromatic carbocycles. The Labute approximate surface area is 142 Å². The van der Waals surface area contributed by atoms with Gasteiger partial charge in [-0.1, -0.05) is 53.7 Å². The number of aromatic nitrogens is 2. The lowest BCUT2D eigenvalue weighted by Gasteiger charge is -1.98. The van der Waals surface area contributed by atoms with Crippen molar-refractivity contribution in [1.29, 1.82) is 0 Å². The third kappa shape index (κ3) is 4.53. The smallest absolute Gasteiger partial charge is 0.276 e. The van der Waals surface area contributed by atoms with Crippen LogP contribution in [0.5, 0.6) is 0 Å². The Morgan fingerprint density at radius 2 is 1.64 bits per heavy atom. The summed E-state index contributed by atoms with van der Waals surface area (Å²) >= 11 is 9.06. The molecule has 112 valence electrons. The lowest BCUT2D eigenvalue weighted by atomic mass is 10.2. The molecule has 0 aliphatic heterocycles. The van der Waals surface area contributed by atoms with Crippen molar-refractivity contribution in [2.75, 3.05) is 0 Å². The Hall–Kier alpha value is -1.43. The molecule has 1 heterocycles. The highest BCUT2D eigenvalue weighted by Crippen LogP contribution is 2.26. The highest BCUT2D eigenvalue weighted by atomic mass is 35.5. The third-order valence-corrected chi connectivity index (χ3v) is 4.97. The number of hydrogen-bond donors (Lipinski definition) is 0. The Balaban J connectivity index is 1.51. The Bertz CT molecular complexity index is 717. The normalized spacial score (nSPS) is 10.8. The number of thioether (sulfide) groups is 2. The first kappa shape index (κ1) is 15.5. The Morgan fingerprint density at radius 3 is 2.41 bits per heavy atom. The van der Waals surface area contributed by atoms with E-state index in [-0.39, 0.29) is 0 Å². The predicted octanol–water partition coefficient (Wildman–Crippen LogP) is 5.31. The van der Waals surface area contributed by atoms with Crippen molar-refractivity contribution in [3.8, 4) is 0 Å². The summed E-state index contributed by atoms with van der Waals surface area (Å²) in [4.78, 5) is 1.13. The lowest BCUT2D eigenvalue weighted by molar-refractivity contribution is 0.426. The van der Waals surface area contributed by atoms with Gasteiger partial charge in [0.05, 0.1) is 5.75 Å². The van der Waals surface area contributed by atoms with Crippen LogP contribution in [0.15, 0.2) is 69.1 Å². The molecule has 0 bridgehead atoms. The molecule has 3 rings (SSSR count). The molecule has 0 unspecified atom stereocenters. The van der Waals surface area contributed by atoms with Gasteiger partial charge >= 0.3 is 0 Å². The minimum absolute atomic E-state index is 0.607. The minimum Gasteiger partial charge on any atom is -0.415 e. The van der Waals surface area contributed by atoms with Crippen LogP contribution in [0.3, 0.4) is 0 Å². The van der Waals surface area contributed by atoms with Gasteiger partial charge in [-0.25, -0.2) is 0 Å². The van der Waals surface area contributed by atoms with Crippen molar-refractivity contribution in [3.05, 3.63) is 71.1 Å². The van der Waals surface area contributed by atoms with Gasteiger partial charge in [0.25, 0.3) is 5.22 Å². The molecule has 0 atom stereocenters. The Morgan fingerprint density at radius 1 is 0.864 bits per heavy atom. The van der Waals surface area contributed by atoms with Crippen LogP contribution >= 0.6 is 35.1 Å². The van der Waals surface area contributed by atoms with Crippen LogP contribution in [-0.2, 0) is 11.5 Å². The van der Waals surface area contributed by atoms with E-state index in [1.807, 2.05) is 42.5 Å². The first-order valence-electron chi connectivity index (χ1n) is 6.67. The SMILES string of the molecule is Clc1ccc(SCc2nnc(SCc3ccccc3)o2)cc1. The number of rotatable bonds is 6. The van der Waals surface area contributed by atoms with Crippen molar-refractivity contribution in [1.82, 2.24) is 10.2 Å². The van der Waals surface area contributed by atoms with E-state index in [1.165, 1.54) is 5.56 Å². The van der Waals surface area contributed by atoms with Gasteiger partial charge in [-0.15, -0.1) is 22.0 Å². The van der Waals surface area contributed by atoms with Gasteiger partial charge in [-0.3, -0.25) is 0 Å². The van der Waals surface area contributed by atoms with E-state index in [4.69, 9.17) is 16.0 Å². The van der Waals surface area contributed by atoms with E-state index in [0.717, 1.165) is 15.7 Å². The fourth-order valence-corrected chi connectivity index (χ4v) is 3.35. The van der Waals surface area contributed by atoms with Crippen LogP contribution in [0.25, 0.3) is 0 Å². The first-order chi connectivity index (χ1) is 10.8. The van der Waals surface area contributed by atoms with Crippen LogP contribution in [0.1, 0.15) is 11.5 Å². The third-order valence-electron chi connectivity index (χ3n) is 2.83. The second-order valence-electron chi connectivity index (χ2n) is 4.48. The summed E-state index contributed by atoms with van der Waals surface area (Å²) in [6, 6.07) is 17.9. The van der Waals surface area contributed by atoms with Crippen LogP contribution in [0, 0.1) is 0 Å². The molecule has 0 saturated carbocycles. The summed E-state index contributed by atoms with van der Waals surface area (Å²) in [6.07, 6.45) is 0. The monoisotopic (exact) mass is 348 g/mol. The molecule has 3 nitrogen and oxygen atoms in total. The molecule has 6 heteroatoms. The number of nitrogens with zero attached hydrogens (tertiary/aromatic N) is 2. The molecule has 0 fully saturated rings. The van der Waals surface area contributed by atoms with E-state index >= 15 is 0 Å². The van der Waals surface area contributed by atoms with E-state index in [2.05, 4.69) is 22.3 Å². The summed E-state index contributed by atoms with van der Waals surface area (Å²) < 4.78 is 5.64. The van der Waals surface area contributed by atoms with E-state index in [1.54, 1.807) is 23.5 Å². The predicted molar refractivity (Wildman–Crippen MR) is 91.3 cm³/mol. The van der Waals surface area contributed by atoms with Gasteiger partial charge in [0.1, 0.15) is 0 Å². The van der Waals surface area contributed by atoms with Gasteiger partial charge < -0.3 is 4.42 Å². The zero-order chi connectivity index (χ0) is 15.2. The van der Waals surface area contributed by atoms with Crippen molar-refractivity contribution < 1.29 is 4.42 Å². The summed E-state index contributed by atoms with van der Waals surface area (Å²) in [7, 11) is 0. The van der Waals surface area contributed by atoms with Crippen molar-refractivity contribution >= 4 is 35.1 Å². The van der Waals surface area contributed by atoms with Crippen LogP contribution in [-0.4, -0.2) is 10.2 Å². The average Bonchev–Trinajstić information content (AvgIpc) is 3.01. The lowest BCUT2D eigenvalue weighted by Crippen LogP contribution is -1.80. The fraction of sp³-hybridized carbons (Fsp3) is 0.125. The fourth-order valence-electron chi connectivity index (χ4n) is 1.75. The zero-order valence-electron chi connectivity index (χ0n) is 11.6. The number of benzene rings is 2. The maximum atomic E-state index is 5.86. The summed E-state index contributed by atoms with van der Waals surface area (Å²) in [5.74, 6) is 2.11. The summed E-state index contributed by atoms with van der Waals surface area (Å²) in [5, 5.41) is 9.49. The van der Waals surface area contributed by atoms with Crippen LogP contribution in [0.2, 0.25) is 5.02 Å². The number of halogens is 1. The summed E-state index contributed by atoms with van der Waals surface area (Å²) in [5.41, 5.74) is 1.24. The maximum Gasteiger partial charge on any atom is 0.276 e. The molecule has 0 spiro atoms.